The maximum atomic E-state index is 3.78. The van der Waals surface area contributed by atoms with Crippen molar-refractivity contribution in [3.8, 4) is 0 Å². The molecule has 0 amide bonds. The topological polar surface area (TPSA) is 0 Å². The summed E-state index contributed by atoms with van der Waals surface area (Å²) in [5.41, 5.74) is 0. The van der Waals surface area contributed by atoms with Crippen LogP contribution in [0.3, 0.4) is 0 Å². The largest absolute Gasteiger partial charge is 0.262 e. The summed E-state index contributed by atoms with van der Waals surface area (Å²) < 4.78 is 0. The summed E-state index contributed by atoms with van der Waals surface area (Å²) in [6.45, 7) is 13.4. The first-order chi connectivity index (χ1) is 8.56. The van der Waals surface area contributed by atoms with Crippen LogP contribution in [0.5, 0.6) is 0 Å². The van der Waals surface area contributed by atoms with Crippen molar-refractivity contribution in [3.05, 3.63) is 12.7 Å². The van der Waals surface area contributed by atoms with Crippen LogP contribution in [0.15, 0.2) is 12.7 Å². The number of unbranched alkanes of at least 4 members (excludes halogenated alkanes) is 5. The molecular formula is C17H35Al. The van der Waals surface area contributed by atoms with Crippen LogP contribution in [0.2, 0.25) is 15.8 Å². The Hall–Kier alpha value is 0.272. The van der Waals surface area contributed by atoms with Crippen molar-refractivity contribution in [1.82, 2.24) is 0 Å². The molecule has 1 heteroatoms. The average Bonchev–Trinajstić information content (AvgIpc) is 2.26. The first-order valence-electron chi connectivity index (χ1n) is 8.17. The monoisotopic (exact) mass is 266 g/mol. The molecule has 0 N–H and O–H groups in total. The Morgan fingerprint density at radius 1 is 0.833 bits per heavy atom. The van der Waals surface area contributed by atoms with Crippen LogP contribution in [0.4, 0.5) is 0 Å². The van der Waals surface area contributed by atoms with E-state index in [1.165, 1.54) is 38.5 Å². The Balaban J connectivity index is 3.59. The van der Waals surface area contributed by atoms with Crippen LogP contribution >= 0.6 is 0 Å². The molecule has 0 fully saturated rings. The summed E-state index contributed by atoms with van der Waals surface area (Å²) in [4.78, 5) is 0. The van der Waals surface area contributed by atoms with Gasteiger partial charge in [-0.05, 0) is 12.8 Å². The highest BCUT2D eigenvalue weighted by atomic mass is 27.2. The zero-order chi connectivity index (χ0) is 13.8. The molecular weight excluding hydrogens is 231 g/mol. The molecule has 0 nitrogen and oxygen atoms in total. The molecule has 0 atom stereocenters. The van der Waals surface area contributed by atoms with E-state index in [9.17, 15) is 0 Å². The summed E-state index contributed by atoms with van der Waals surface area (Å²) in [6.07, 6.45) is 10.4. The van der Waals surface area contributed by atoms with Crippen molar-refractivity contribution < 1.29 is 0 Å². The van der Waals surface area contributed by atoms with Crippen molar-refractivity contribution in [2.24, 2.45) is 11.8 Å². The predicted octanol–water partition coefficient (Wildman–Crippen LogP) is 6.32. The van der Waals surface area contributed by atoms with Gasteiger partial charge in [0, 0.05) is 0 Å². The van der Waals surface area contributed by atoms with Gasteiger partial charge in [0.1, 0.15) is 0 Å². The maximum Gasteiger partial charge on any atom is 0.262 e. The summed E-state index contributed by atoms with van der Waals surface area (Å²) in [5, 5.41) is 4.72. The van der Waals surface area contributed by atoms with Gasteiger partial charge in [-0.2, -0.15) is 0 Å². The molecule has 0 aliphatic carbocycles. The van der Waals surface area contributed by atoms with Crippen LogP contribution in [0.1, 0.15) is 66.2 Å². The van der Waals surface area contributed by atoms with E-state index in [1.54, 1.807) is 15.8 Å². The Bertz CT molecular complexity index is 174. The normalized spacial score (nSPS) is 11.2. The van der Waals surface area contributed by atoms with Gasteiger partial charge in [0.05, 0.1) is 0 Å². The quantitative estimate of drug-likeness (QED) is 0.220. The van der Waals surface area contributed by atoms with E-state index in [0.29, 0.717) is 0 Å². The lowest BCUT2D eigenvalue weighted by Gasteiger charge is -2.16. The van der Waals surface area contributed by atoms with Gasteiger partial charge in [0.2, 0.25) is 0 Å². The summed E-state index contributed by atoms with van der Waals surface area (Å²) in [7, 11) is 0. The van der Waals surface area contributed by atoms with Crippen molar-refractivity contribution in [2.45, 2.75) is 82.1 Å². The smallest absolute Gasteiger partial charge is 0.103 e. The lowest BCUT2D eigenvalue weighted by Crippen LogP contribution is -2.17. The molecule has 0 aromatic rings. The third-order valence-corrected chi connectivity index (χ3v) is 8.07. The zero-order valence-electron chi connectivity index (χ0n) is 13.4. The van der Waals surface area contributed by atoms with Crippen LogP contribution < -0.4 is 0 Å². The molecule has 0 unspecified atom stereocenters. The van der Waals surface area contributed by atoms with E-state index in [4.69, 9.17) is 0 Å². The minimum Gasteiger partial charge on any atom is -0.103 e. The molecule has 0 radical (unpaired) electrons. The highest BCUT2D eigenvalue weighted by Crippen LogP contribution is 2.20. The Kier molecular flexibility index (Phi) is 12.5. The first kappa shape index (κ1) is 18.3. The van der Waals surface area contributed by atoms with Gasteiger partial charge in [-0.1, -0.05) is 87.1 Å². The second kappa shape index (κ2) is 12.3. The Morgan fingerprint density at radius 3 is 1.83 bits per heavy atom. The van der Waals surface area contributed by atoms with Gasteiger partial charge in [0.25, 0.3) is 14.1 Å². The van der Waals surface area contributed by atoms with Gasteiger partial charge >= 0.3 is 0 Å². The number of rotatable bonds is 12. The maximum absolute atomic E-state index is 3.78. The minimum atomic E-state index is -0.431. The molecule has 0 aliphatic rings. The van der Waals surface area contributed by atoms with Gasteiger partial charge in [-0.3, -0.25) is 0 Å². The molecule has 0 spiro atoms. The second-order valence-electron chi connectivity index (χ2n) is 6.76. The van der Waals surface area contributed by atoms with Crippen molar-refractivity contribution in [2.75, 3.05) is 0 Å². The van der Waals surface area contributed by atoms with Gasteiger partial charge in [0.15, 0.2) is 0 Å². The van der Waals surface area contributed by atoms with E-state index in [1.807, 2.05) is 6.08 Å². The first-order valence-corrected chi connectivity index (χ1v) is 10.6. The van der Waals surface area contributed by atoms with Crippen LogP contribution in [-0.2, 0) is 0 Å². The van der Waals surface area contributed by atoms with Crippen LogP contribution in [0, 0.1) is 11.8 Å². The molecule has 0 aromatic carbocycles. The van der Waals surface area contributed by atoms with E-state index in [2.05, 4.69) is 34.3 Å². The Labute approximate surface area is 121 Å². The van der Waals surface area contributed by atoms with Crippen molar-refractivity contribution in [1.29, 1.82) is 0 Å². The summed E-state index contributed by atoms with van der Waals surface area (Å²) in [5.74, 6) is 1.85. The molecule has 18 heavy (non-hydrogen) atoms. The molecule has 0 heterocycles. The van der Waals surface area contributed by atoms with Gasteiger partial charge < -0.3 is 0 Å². The van der Waals surface area contributed by atoms with Gasteiger partial charge in [-0.25, -0.2) is 0 Å². The minimum absolute atomic E-state index is 0.431. The molecule has 0 aliphatic heterocycles. The molecule has 0 bridgehead atoms. The number of hydrogen-bond donors (Lipinski definition) is 0. The fourth-order valence-corrected chi connectivity index (χ4v) is 7.11. The predicted molar refractivity (Wildman–Crippen MR) is 87.8 cm³/mol. The number of allylic oxidation sites excluding steroid dienone is 1. The average molecular weight is 266 g/mol. The molecule has 106 valence electrons. The van der Waals surface area contributed by atoms with Gasteiger partial charge in [-0.15, -0.1) is 6.58 Å². The lowest BCUT2D eigenvalue weighted by molar-refractivity contribution is 0.629. The molecule has 0 saturated carbocycles. The number of hydrogen-bond acceptors (Lipinski definition) is 0. The second-order valence-corrected chi connectivity index (χ2v) is 10.0. The SMILES string of the molecule is C=CCCCCCC[CH2][Al]([CH2]C(C)C)[CH2]C(C)C. The highest BCUT2D eigenvalue weighted by Gasteiger charge is 2.18. The third kappa shape index (κ3) is 12.7. The molecule has 0 saturated heterocycles. The van der Waals surface area contributed by atoms with Crippen molar-refractivity contribution >= 4 is 14.1 Å². The third-order valence-electron chi connectivity index (χ3n) is 3.63. The summed E-state index contributed by atoms with van der Waals surface area (Å²) in [6, 6.07) is 0. The van der Waals surface area contributed by atoms with Crippen LogP contribution in [0.25, 0.3) is 0 Å². The summed E-state index contributed by atoms with van der Waals surface area (Å²) >= 11 is -0.431. The highest BCUT2D eigenvalue weighted by molar-refractivity contribution is 6.58. The lowest BCUT2D eigenvalue weighted by atomic mass is 10.1. The van der Waals surface area contributed by atoms with E-state index >= 15 is 0 Å². The van der Waals surface area contributed by atoms with E-state index < -0.39 is 14.1 Å². The zero-order valence-corrected chi connectivity index (χ0v) is 14.5. The fraction of sp³-hybridized carbons (Fsp3) is 0.882. The van der Waals surface area contributed by atoms with Crippen LogP contribution in [-0.4, -0.2) is 14.1 Å². The Morgan fingerprint density at radius 2 is 1.33 bits per heavy atom. The van der Waals surface area contributed by atoms with E-state index in [-0.39, 0.29) is 0 Å². The fourth-order valence-electron chi connectivity index (χ4n) is 2.92. The van der Waals surface area contributed by atoms with Crippen molar-refractivity contribution in [3.63, 3.8) is 0 Å². The molecule has 0 aromatic heterocycles. The standard InChI is InChI=1S/C9H17.2C4H9.Al/c1-3-5-7-9-8-6-4-2;2*1-4(2)3;/h3H,1-2,4-9H2;2*4H,1H2,2-3H3;. The van der Waals surface area contributed by atoms with E-state index in [0.717, 1.165) is 11.8 Å². The molecule has 0 rings (SSSR count).